The van der Waals surface area contributed by atoms with Crippen molar-refractivity contribution in [2.75, 3.05) is 18.5 Å². The first-order valence-electron chi connectivity index (χ1n) is 16.4. The van der Waals surface area contributed by atoms with E-state index in [9.17, 15) is 14.4 Å². The molecule has 1 aliphatic heterocycles. The number of nitrogens with one attached hydrogen (secondary N) is 2. The number of ketones is 1. The van der Waals surface area contributed by atoms with Crippen molar-refractivity contribution >= 4 is 29.3 Å². The number of aromatic nitrogens is 1. The summed E-state index contributed by atoms with van der Waals surface area (Å²) in [4.78, 5) is 48.0. The van der Waals surface area contributed by atoms with Crippen LogP contribution in [0, 0.1) is 24.7 Å². The molecule has 0 bridgehead atoms. The number of nitrogens with zero attached hydrogens (tertiary/aromatic N) is 4. The lowest BCUT2D eigenvalue weighted by molar-refractivity contribution is -0.129. The molecule has 1 saturated carbocycles. The van der Waals surface area contributed by atoms with Gasteiger partial charge in [-0.15, -0.1) is 5.11 Å². The van der Waals surface area contributed by atoms with E-state index < -0.39 is 17.6 Å². The molecule has 246 valence electrons. The number of azo groups is 1. The van der Waals surface area contributed by atoms with Gasteiger partial charge in [0.25, 0.3) is 0 Å². The Hall–Kier alpha value is -4.73. The number of aliphatic imine (C=N–C) groups is 1. The van der Waals surface area contributed by atoms with Gasteiger partial charge in [0, 0.05) is 54.0 Å². The van der Waals surface area contributed by atoms with Crippen molar-refractivity contribution in [3.8, 4) is 11.1 Å². The van der Waals surface area contributed by atoms with E-state index in [0.717, 1.165) is 53.5 Å². The number of pyridine rings is 1. The van der Waals surface area contributed by atoms with Gasteiger partial charge >= 0.3 is 6.09 Å². The number of carbonyl (C=O) groups excluding carboxylic acids is 3. The zero-order valence-corrected chi connectivity index (χ0v) is 27.7. The Bertz CT molecular complexity index is 1620. The Morgan fingerprint density at radius 3 is 2.28 bits per heavy atom. The second-order valence-corrected chi connectivity index (χ2v) is 13.5. The number of hydrogen-bond acceptors (Lipinski definition) is 8. The van der Waals surface area contributed by atoms with Gasteiger partial charge in [0.1, 0.15) is 11.4 Å². The zero-order valence-electron chi connectivity index (χ0n) is 27.7. The van der Waals surface area contributed by atoms with Crippen molar-refractivity contribution in [2.24, 2.45) is 33.0 Å². The Kier molecular flexibility index (Phi) is 10.9. The highest BCUT2D eigenvalue weighted by Gasteiger charge is 2.31. The molecule has 2 amide bonds. The fraction of sp³-hybridized carbons (Fsp3) is 0.432. The maximum atomic E-state index is 13.7. The van der Waals surface area contributed by atoms with E-state index in [1.807, 2.05) is 81.6 Å². The summed E-state index contributed by atoms with van der Waals surface area (Å²) < 4.78 is 5.35. The van der Waals surface area contributed by atoms with Gasteiger partial charge in [0.05, 0.1) is 0 Å². The number of amidine groups is 1. The lowest BCUT2D eigenvalue weighted by Crippen LogP contribution is -2.37. The first kappa shape index (κ1) is 33.6. The van der Waals surface area contributed by atoms with Gasteiger partial charge in [-0.2, -0.15) is 5.11 Å². The highest BCUT2D eigenvalue weighted by atomic mass is 16.6. The Balaban J connectivity index is 1.23. The van der Waals surface area contributed by atoms with Crippen LogP contribution in [0.15, 0.2) is 82.2 Å². The summed E-state index contributed by atoms with van der Waals surface area (Å²) in [6.45, 7) is 8.43. The fourth-order valence-electron chi connectivity index (χ4n) is 6.09. The van der Waals surface area contributed by atoms with Crippen LogP contribution in [0.25, 0.3) is 11.1 Å². The van der Waals surface area contributed by atoms with Crippen LogP contribution in [0.3, 0.4) is 0 Å². The number of rotatable bonds is 11. The maximum absolute atomic E-state index is 13.7. The molecule has 1 aliphatic carbocycles. The molecule has 1 fully saturated rings. The molecule has 10 heteroatoms. The lowest BCUT2D eigenvalue weighted by atomic mass is 9.77. The van der Waals surface area contributed by atoms with Crippen molar-refractivity contribution < 1.29 is 19.1 Å². The molecule has 1 aromatic heterocycles. The molecule has 0 saturated heterocycles. The third-order valence-corrected chi connectivity index (χ3v) is 8.70. The van der Waals surface area contributed by atoms with Crippen LogP contribution in [0.1, 0.15) is 69.6 Å². The molecule has 2 heterocycles. The van der Waals surface area contributed by atoms with Gasteiger partial charge in [0.15, 0.2) is 12.5 Å². The number of anilines is 1. The van der Waals surface area contributed by atoms with E-state index in [-0.39, 0.29) is 24.0 Å². The molecule has 3 aromatic rings. The van der Waals surface area contributed by atoms with Crippen molar-refractivity contribution in [3.63, 3.8) is 0 Å². The molecule has 0 radical (unpaired) electrons. The Labute approximate surface area is 276 Å². The molecular formula is C37H44N6O4. The maximum Gasteiger partial charge on any atom is 0.407 e. The van der Waals surface area contributed by atoms with Crippen LogP contribution in [0.2, 0.25) is 0 Å². The van der Waals surface area contributed by atoms with Crippen molar-refractivity contribution in [2.45, 2.75) is 71.8 Å². The second kappa shape index (κ2) is 15.2. The van der Waals surface area contributed by atoms with Gasteiger partial charge in [-0.3, -0.25) is 14.6 Å². The van der Waals surface area contributed by atoms with Crippen LogP contribution in [-0.4, -0.2) is 47.4 Å². The molecule has 10 nitrogen and oxygen atoms in total. The lowest BCUT2D eigenvalue weighted by Gasteiger charge is -2.29. The first-order valence-corrected chi connectivity index (χ1v) is 16.4. The number of Topliss-reactive ketones (excluding diaryl/α,β-unsaturated/α-hetero) is 1. The van der Waals surface area contributed by atoms with E-state index in [4.69, 9.17) is 4.74 Å². The molecule has 2 aliphatic rings. The average Bonchev–Trinajstić information content (AvgIpc) is 3.59. The monoisotopic (exact) mass is 636 g/mol. The molecular weight excluding hydrogens is 592 g/mol. The van der Waals surface area contributed by atoms with Gasteiger partial charge < -0.3 is 15.4 Å². The van der Waals surface area contributed by atoms with E-state index in [2.05, 4.69) is 37.8 Å². The normalized spacial score (nSPS) is 18.3. The topological polar surface area (TPSA) is 134 Å². The summed E-state index contributed by atoms with van der Waals surface area (Å²) in [7, 11) is 0. The van der Waals surface area contributed by atoms with Crippen molar-refractivity contribution in [1.29, 1.82) is 0 Å². The minimum Gasteiger partial charge on any atom is -0.444 e. The standard InChI is InChI=1S/C37H44N6O4/c1-24-17-18-38-22-32(24)27-9-5-25(6-10-27)19-30(35(45)42-31-15-13-29(14-16-31)34-40-23-41-43-34)20-33(44)28-11-7-26(8-12-28)21-39-36(46)47-37(2,3)4/h5-6,9-10,13-18,22,26,28,30H,7-8,11-12,19-21,23H2,1-4H3,(H,39,46)(H,42,45)/t26?,28?,30-/m1/s1. The predicted octanol–water partition coefficient (Wildman–Crippen LogP) is 7.31. The van der Waals surface area contributed by atoms with E-state index in [0.29, 0.717) is 37.1 Å². The summed E-state index contributed by atoms with van der Waals surface area (Å²) in [6.07, 6.45) is 7.00. The summed E-state index contributed by atoms with van der Waals surface area (Å²) in [5, 5.41) is 13.8. The fourth-order valence-corrected chi connectivity index (χ4v) is 6.09. The first-order chi connectivity index (χ1) is 22.5. The van der Waals surface area contributed by atoms with E-state index in [1.54, 1.807) is 6.20 Å². The zero-order chi connectivity index (χ0) is 33.4. The smallest absolute Gasteiger partial charge is 0.407 e. The molecule has 2 N–H and O–H groups in total. The third-order valence-electron chi connectivity index (χ3n) is 8.70. The van der Waals surface area contributed by atoms with Crippen LogP contribution in [0.4, 0.5) is 10.5 Å². The number of benzene rings is 2. The molecule has 47 heavy (non-hydrogen) atoms. The highest BCUT2D eigenvalue weighted by molar-refractivity contribution is 6.01. The molecule has 5 rings (SSSR count). The number of hydrogen-bond donors (Lipinski definition) is 2. The van der Waals surface area contributed by atoms with E-state index in [1.165, 1.54) is 0 Å². The van der Waals surface area contributed by atoms with Gasteiger partial charge in [-0.25, -0.2) is 9.79 Å². The predicted molar refractivity (Wildman–Crippen MR) is 182 cm³/mol. The number of alkyl carbamates (subject to hydrolysis) is 1. The van der Waals surface area contributed by atoms with Gasteiger partial charge in [-0.05, 0) is 113 Å². The van der Waals surface area contributed by atoms with Crippen molar-refractivity contribution in [1.82, 2.24) is 10.3 Å². The van der Waals surface area contributed by atoms with Crippen LogP contribution < -0.4 is 10.6 Å². The molecule has 2 aromatic carbocycles. The second-order valence-electron chi connectivity index (χ2n) is 13.5. The third kappa shape index (κ3) is 9.64. The quantitative estimate of drug-likeness (QED) is 0.228. The molecule has 1 atom stereocenters. The van der Waals surface area contributed by atoms with Crippen LogP contribution in [0.5, 0.6) is 0 Å². The number of carbonyl (C=O) groups is 3. The van der Waals surface area contributed by atoms with Crippen LogP contribution >= 0.6 is 0 Å². The van der Waals surface area contributed by atoms with E-state index >= 15 is 0 Å². The van der Waals surface area contributed by atoms with Gasteiger partial charge in [-0.1, -0.05) is 24.3 Å². The largest absolute Gasteiger partial charge is 0.444 e. The average molecular weight is 637 g/mol. The Morgan fingerprint density at radius 1 is 0.936 bits per heavy atom. The summed E-state index contributed by atoms with van der Waals surface area (Å²) in [6, 6.07) is 17.5. The minimum atomic E-state index is -0.543. The minimum absolute atomic E-state index is 0.0976. The number of ether oxygens (including phenoxy) is 1. The summed E-state index contributed by atoms with van der Waals surface area (Å²) in [5.74, 6) is 0.170. The SMILES string of the molecule is Cc1ccncc1-c1ccc(C[C@H](CC(=O)C2CCC(CNC(=O)OC(C)(C)C)CC2)C(=O)Nc2ccc(C3=NCN=N3)cc2)cc1. The number of amides is 2. The van der Waals surface area contributed by atoms with Crippen LogP contribution in [-0.2, 0) is 20.7 Å². The molecule has 0 spiro atoms. The summed E-state index contributed by atoms with van der Waals surface area (Å²) >= 11 is 0. The highest BCUT2D eigenvalue weighted by Crippen LogP contribution is 2.32. The summed E-state index contributed by atoms with van der Waals surface area (Å²) in [5.41, 5.74) is 5.18. The van der Waals surface area contributed by atoms with Gasteiger partial charge in [0.2, 0.25) is 5.91 Å². The Morgan fingerprint density at radius 2 is 1.64 bits per heavy atom. The molecule has 0 unspecified atom stereocenters. The number of aryl methyl sites for hydroxylation is 1. The van der Waals surface area contributed by atoms with Crippen molar-refractivity contribution in [3.05, 3.63) is 83.7 Å².